The number of hydrogen-bond acceptors (Lipinski definition) is 4. The first-order valence-electron chi connectivity index (χ1n) is 11.4. The second-order valence-electron chi connectivity index (χ2n) is 8.86. The van der Waals surface area contributed by atoms with Crippen molar-refractivity contribution in [3.63, 3.8) is 0 Å². The molecular formula is C28H29NO5. The quantitative estimate of drug-likeness (QED) is 0.484. The predicted octanol–water partition coefficient (Wildman–Crippen LogP) is 4.49. The van der Waals surface area contributed by atoms with Crippen LogP contribution in [0.4, 0.5) is 0 Å². The lowest BCUT2D eigenvalue weighted by Gasteiger charge is -2.30. The maximum absolute atomic E-state index is 13.4. The van der Waals surface area contributed by atoms with E-state index >= 15 is 0 Å². The number of aryl methyl sites for hydroxylation is 2. The van der Waals surface area contributed by atoms with Crippen LogP contribution in [-0.2, 0) is 26.3 Å². The highest BCUT2D eigenvalue weighted by atomic mass is 16.5. The molecule has 0 aliphatic carbocycles. The molecule has 1 aliphatic rings. The SMILES string of the molecule is Cc1ccc([C@]2(C(=O)N[C@@H](Cc3ccc(-c4ccccc4O)cc3)C(=O)O)CCCO2)cc1C. The Labute approximate surface area is 199 Å². The van der Waals surface area contributed by atoms with Crippen LogP contribution >= 0.6 is 0 Å². The zero-order valence-corrected chi connectivity index (χ0v) is 19.4. The molecule has 34 heavy (non-hydrogen) atoms. The lowest BCUT2D eigenvalue weighted by molar-refractivity contribution is -0.149. The molecule has 3 aromatic carbocycles. The molecule has 0 spiro atoms. The van der Waals surface area contributed by atoms with Gasteiger partial charge in [-0.2, -0.15) is 0 Å². The van der Waals surface area contributed by atoms with Crippen molar-refractivity contribution in [2.45, 2.75) is 44.8 Å². The van der Waals surface area contributed by atoms with Gasteiger partial charge in [-0.3, -0.25) is 4.79 Å². The Kier molecular flexibility index (Phi) is 6.70. The molecule has 1 heterocycles. The Morgan fingerprint density at radius 2 is 1.76 bits per heavy atom. The number of amides is 1. The maximum atomic E-state index is 13.4. The minimum atomic E-state index is -1.18. The van der Waals surface area contributed by atoms with Gasteiger partial charge in [0.15, 0.2) is 5.60 Å². The number of ether oxygens (including phenoxy) is 1. The first-order chi connectivity index (χ1) is 16.3. The zero-order valence-electron chi connectivity index (χ0n) is 19.4. The van der Waals surface area contributed by atoms with Gasteiger partial charge in [0.25, 0.3) is 5.91 Å². The number of carboxylic acid groups (broad SMARTS) is 1. The van der Waals surface area contributed by atoms with E-state index in [4.69, 9.17) is 4.74 Å². The van der Waals surface area contributed by atoms with E-state index < -0.39 is 23.5 Å². The van der Waals surface area contributed by atoms with Crippen molar-refractivity contribution in [3.05, 3.63) is 89.0 Å². The molecule has 176 valence electrons. The fraction of sp³-hybridized carbons (Fsp3) is 0.286. The van der Waals surface area contributed by atoms with E-state index in [1.165, 1.54) is 0 Å². The van der Waals surface area contributed by atoms with Gasteiger partial charge in [-0.1, -0.05) is 60.7 Å². The number of nitrogens with one attached hydrogen (secondary N) is 1. The van der Waals surface area contributed by atoms with Crippen LogP contribution in [0.15, 0.2) is 66.7 Å². The monoisotopic (exact) mass is 459 g/mol. The average molecular weight is 460 g/mol. The summed E-state index contributed by atoms with van der Waals surface area (Å²) in [5, 5.41) is 22.6. The van der Waals surface area contributed by atoms with Crippen molar-refractivity contribution < 1.29 is 24.5 Å². The third-order valence-electron chi connectivity index (χ3n) is 6.57. The van der Waals surface area contributed by atoms with E-state index in [0.717, 1.165) is 34.2 Å². The number of benzene rings is 3. The molecular weight excluding hydrogens is 430 g/mol. The summed E-state index contributed by atoms with van der Waals surface area (Å²) in [4.78, 5) is 25.5. The van der Waals surface area contributed by atoms with Crippen LogP contribution < -0.4 is 5.32 Å². The molecule has 0 bridgehead atoms. The number of aromatic hydroxyl groups is 1. The van der Waals surface area contributed by atoms with E-state index in [-0.39, 0.29) is 12.2 Å². The molecule has 1 amide bonds. The number of carbonyl (C=O) groups excluding carboxylic acids is 1. The summed E-state index contributed by atoms with van der Waals surface area (Å²) >= 11 is 0. The van der Waals surface area contributed by atoms with E-state index in [1.807, 2.05) is 68.4 Å². The molecule has 1 aliphatic heterocycles. The van der Waals surface area contributed by atoms with Crippen molar-refractivity contribution in [3.8, 4) is 16.9 Å². The summed E-state index contributed by atoms with van der Waals surface area (Å²) in [5.74, 6) is -1.35. The molecule has 6 nitrogen and oxygen atoms in total. The number of carbonyl (C=O) groups is 2. The fourth-order valence-electron chi connectivity index (χ4n) is 4.42. The Balaban J connectivity index is 1.53. The standard InChI is InChI=1S/C28H29NO5/c1-18-8-13-22(16-19(18)2)28(14-5-15-34-28)27(33)29-24(26(31)32)17-20-9-11-21(12-10-20)23-6-3-4-7-25(23)30/h3-4,6-13,16,24,30H,5,14-15,17H2,1-2H3,(H,29,33)(H,31,32)/t24-,28-/m0/s1. The van der Waals surface area contributed by atoms with E-state index in [0.29, 0.717) is 18.6 Å². The Morgan fingerprint density at radius 1 is 1.03 bits per heavy atom. The Morgan fingerprint density at radius 3 is 2.38 bits per heavy atom. The Bertz CT molecular complexity index is 1200. The number of phenols is 1. The average Bonchev–Trinajstić information content (AvgIpc) is 3.32. The molecule has 1 fully saturated rings. The van der Waals surface area contributed by atoms with Crippen LogP contribution in [0.1, 0.15) is 35.1 Å². The normalized spacial score (nSPS) is 18.4. The number of carboxylic acids is 1. The number of aliphatic carboxylic acids is 1. The maximum Gasteiger partial charge on any atom is 0.326 e. The summed E-state index contributed by atoms with van der Waals surface area (Å²) in [7, 11) is 0. The third-order valence-corrected chi connectivity index (χ3v) is 6.57. The predicted molar refractivity (Wildman–Crippen MR) is 130 cm³/mol. The largest absolute Gasteiger partial charge is 0.507 e. The topological polar surface area (TPSA) is 95.9 Å². The van der Waals surface area contributed by atoms with Crippen LogP contribution in [0.25, 0.3) is 11.1 Å². The smallest absolute Gasteiger partial charge is 0.326 e. The van der Waals surface area contributed by atoms with Gasteiger partial charge in [-0.15, -0.1) is 0 Å². The van der Waals surface area contributed by atoms with Gasteiger partial charge in [0.1, 0.15) is 11.8 Å². The van der Waals surface area contributed by atoms with Crippen LogP contribution in [0, 0.1) is 13.8 Å². The second kappa shape index (κ2) is 9.69. The van der Waals surface area contributed by atoms with E-state index in [1.54, 1.807) is 12.1 Å². The van der Waals surface area contributed by atoms with Crippen molar-refractivity contribution in [1.82, 2.24) is 5.32 Å². The van der Waals surface area contributed by atoms with Gasteiger partial charge >= 0.3 is 5.97 Å². The summed E-state index contributed by atoms with van der Waals surface area (Å²) in [5.41, 5.74) is 4.03. The van der Waals surface area contributed by atoms with Crippen LogP contribution in [0.5, 0.6) is 5.75 Å². The molecule has 3 N–H and O–H groups in total. The van der Waals surface area contributed by atoms with Gasteiger partial charge < -0.3 is 20.3 Å². The first-order valence-corrected chi connectivity index (χ1v) is 11.4. The molecule has 2 atom stereocenters. The first kappa shape index (κ1) is 23.5. The van der Waals surface area contributed by atoms with Crippen molar-refractivity contribution in [2.24, 2.45) is 0 Å². The van der Waals surface area contributed by atoms with Crippen molar-refractivity contribution in [1.29, 1.82) is 0 Å². The molecule has 1 saturated heterocycles. The number of para-hydroxylation sites is 1. The van der Waals surface area contributed by atoms with Crippen LogP contribution in [-0.4, -0.2) is 34.7 Å². The van der Waals surface area contributed by atoms with E-state index in [9.17, 15) is 19.8 Å². The molecule has 3 aromatic rings. The van der Waals surface area contributed by atoms with Crippen molar-refractivity contribution in [2.75, 3.05) is 6.61 Å². The molecule has 4 rings (SSSR count). The molecule has 0 aromatic heterocycles. The summed E-state index contributed by atoms with van der Waals surface area (Å²) in [6, 6.07) is 19.0. The molecule has 0 unspecified atom stereocenters. The summed E-state index contributed by atoms with van der Waals surface area (Å²) < 4.78 is 5.96. The lowest BCUT2D eigenvalue weighted by Crippen LogP contribution is -2.51. The van der Waals surface area contributed by atoms with Gasteiger partial charge in [-0.05, 0) is 60.6 Å². The summed E-state index contributed by atoms with van der Waals surface area (Å²) in [6.07, 6.45) is 1.36. The van der Waals surface area contributed by atoms with E-state index in [2.05, 4.69) is 5.32 Å². The minimum absolute atomic E-state index is 0.130. The van der Waals surface area contributed by atoms with Gasteiger partial charge in [0.2, 0.25) is 0 Å². The van der Waals surface area contributed by atoms with Crippen LogP contribution in [0.3, 0.4) is 0 Å². The summed E-state index contributed by atoms with van der Waals surface area (Å²) in [6.45, 7) is 4.44. The third kappa shape index (κ3) is 4.68. The highest BCUT2D eigenvalue weighted by molar-refractivity contribution is 5.90. The lowest BCUT2D eigenvalue weighted by atomic mass is 9.87. The van der Waals surface area contributed by atoms with Crippen molar-refractivity contribution >= 4 is 11.9 Å². The molecule has 6 heteroatoms. The zero-order chi connectivity index (χ0) is 24.3. The highest BCUT2D eigenvalue weighted by Gasteiger charge is 2.45. The second-order valence-corrected chi connectivity index (χ2v) is 8.86. The van der Waals surface area contributed by atoms with Gasteiger partial charge in [0.05, 0.1) is 0 Å². The molecule has 0 radical (unpaired) electrons. The van der Waals surface area contributed by atoms with Gasteiger partial charge in [0, 0.05) is 18.6 Å². The van der Waals surface area contributed by atoms with Gasteiger partial charge in [-0.25, -0.2) is 4.79 Å². The number of hydrogen-bond donors (Lipinski definition) is 3. The minimum Gasteiger partial charge on any atom is -0.507 e. The highest BCUT2D eigenvalue weighted by Crippen LogP contribution is 2.37. The Hall–Kier alpha value is -3.64. The number of rotatable bonds is 7. The fourth-order valence-corrected chi connectivity index (χ4v) is 4.42. The molecule has 0 saturated carbocycles. The number of phenolic OH excluding ortho intramolecular Hbond substituents is 1. The van der Waals surface area contributed by atoms with Crippen LogP contribution in [0.2, 0.25) is 0 Å².